The van der Waals surface area contributed by atoms with E-state index < -0.39 is 29.9 Å². The summed E-state index contributed by atoms with van der Waals surface area (Å²) in [5.74, 6) is 1.61. The minimum atomic E-state index is -1.23. The van der Waals surface area contributed by atoms with Gasteiger partial charge in [-0.3, -0.25) is 0 Å². The summed E-state index contributed by atoms with van der Waals surface area (Å²) in [5.41, 5.74) is 5.41. The summed E-state index contributed by atoms with van der Waals surface area (Å²) in [4.78, 5) is 0. The Morgan fingerprint density at radius 1 is 1.00 bits per heavy atom. The number of rotatable bonds is 5. The average Bonchev–Trinajstić information content (AvgIpc) is 3.63. The Morgan fingerprint density at radius 2 is 1.84 bits per heavy atom. The molecule has 3 N–H and O–H groups in total. The topological polar surface area (TPSA) is 79.2 Å². The van der Waals surface area contributed by atoms with Crippen molar-refractivity contribution in [3.8, 4) is 5.75 Å². The van der Waals surface area contributed by atoms with Crippen LogP contribution in [-0.2, 0) is 17.6 Å². The molecule has 0 amide bonds. The monoisotopic (exact) mass is 442 g/mol. The summed E-state index contributed by atoms with van der Waals surface area (Å²) in [6.45, 7) is 0.793. The van der Waals surface area contributed by atoms with Crippen molar-refractivity contribution in [2.45, 2.75) is 67.9 Å². The zero-order valence-electron chi connectivity index (χ0n) is 17.7. The highest BCUT2D eigenvalue weighted by atomic mass is 32.2. The molecule has 5 unspecified atom stereocenters. The van der Waals surface area contributed by atoms with Crippen LogP contribution in [0, 0.1) is 0 Å². The Hall–Kier alpha value is -1.57. The molecule has 2 fully saturated rings. The van der Waals surface area contributed by atoms with Crippen LogP contribution in [-0.4, -0.2) is 51.9 Å². The Kier molecular flexibility index (Phi) is 6.01. The van der Waals surface area contributed by atoms with Crippen LogP contribution >= 0.6 is 11.8 Å². The van der Waals surface area contributed by atoms with E-state index in [9.17, 15) is 15.3 Å². The number of ether oxygens (including phenoxy) is 2. The lowest BCUT2D eigenvalue weighted by Gasteiger charge is -2.40. The van der Waals surface area contributed by atoms with E-state index in [2.05, 4.69) is 30.3 Å². The summed E-state index contributed by atoms with van der Waals surface area (Å²) in [6.07, 6.45) is 3.01. The molecule has 166 valence electrons. The molecule has 1 saturated heterocycles. The number of hydrogen-bond donors (Lipinski definition) is 3. The van der Waals surface area contributed by atoms with Crippen LogP contribution in [0.4, 0.5) is 0 Å². The van der Waals surface area contributed by atoms with Gasteiger partial charge in [0.1, 0.15) is 35.6 Å². The maximum atomic E-state index is 10.6. The van der Waals surface area contributed by atoms with Crippen LogP contribution < -0.4 is 4.74 Å². The number of fused-ring (bicyclic) bond motifs is 1. The lowest BCUT2D eigenvalue weighted by atomic mass is 9.89. The van der Waals surface area contributed by atoms with Gasteiger partial charge in [0.05, 0.1) is 6.61 Å². The van der Waals surface area contributed by atoms with E-state index in [0.717, 1.165) is 37.2 Å². The number of thioether (sulfide) groups is 1. The largest absolute Gasteiger partial charge is 0.493 e. The maximum Gasteiger partial charge on any atom is 0.132 e. The Labute approximate surface area is 187 Å². The second kappa shape index (κ2) is 8.75. The van der Waals surface area contributed by atoms with Crippen molar-refractivity contribution >= 4 is 11.8 Å². The molecule has 0 radical (unpaired) electrons. The van der Waals surface area contributed by atoms with Crippen LogP contribution in [0.25, 0.3) is 0 Å². The fourth-order valence-corrected chi connectivity index (χ4v) is 5.48. The molecule has 2 aromatic rings. The highest BCUT2D eigenvalue weighted by molar-refractivity contribution is 7.99. The van der Waals surface area contributed by atoms with Crippen molar-refractivity contribution in [2.24, 2.45) is 0 Å². The minimum Gasteiger partial charge on any atom is -0.493 e. The highest BCUT2D eigenvalue weighted by Gasteiger charge is 2.44. The molecule has 6 heteroatoms. The molecule has 1 aliphatic carbocycles. The molecule has 5 atom stereocenters. The summed E-state index contributed by atoms with van der Waals surface area (Å²) in [5, 5.41) is 31.1. The lowest BCUT2D eigenvalue weighted by molar-refractivity contribution is -0.200. The first-order valence-electron chi connectivity index (χ1n) is 11.1. The van der Waals surface area contributed by atoms with E-state index in [1.807, 2.05) is 12.3 Å². The molecule has 2 aliphatic heterocycles. The maximum absolute atomic E-state index is 10.6. The van der Waals surface area contributed by atoms with Crippen molar-refractivity contribution in [3.05, 3.63) is 64.2 Å². The summed E-state index contributed by atoms with van der Waals surface area (Å²) in [6, 6.07) is 12.8. The first-order chi connectivity index (χ1) is 15.0. The predicted molar refractivity (Wildman–Crippen MR) is 121 cm³/mol. The second-order valence-electron chi connectivity index (χ2n) is 8.94. The van der Waals surface area contributed by atoms with Gasteiger partial charge in [0.25, 0.3) is 0 Å². The van der Waals surface area contributed by atoms with Crippen molar-refractivity contribution in [2.75, 3.05) is 12.9 Å². The van der Waals surface area contributed by atoms with Crippen LogP contribution in [0.2, 0.25) is 0 Å². The molecule has 2 heterocycles. The average molecular weight is 443 g/mol. The molecule has 3 aliphatic rings. The minimum absolute atomic E-state index is 0.574. The Morgan fingerprint density at radius 3 is 2.61 bits per heavy atom. The van der Waals surface area contributed by atoms with Crippen molar-refractivity contribution < 1.29 is 24.8 Å². The van der Waals surface area contributed by atoms with Crippen LogP contribution in [0.1, 0.15) is 59.1 Å². The first-order valence-corrected chi connectivity index (χ1v) is 12.4. The zero-order chi connectivity index (χ0) is 21.5. The van der Waals surface area contributed by atoms with E-state index in [1.54, 1.807) is 0 Å². The molecule has 2 aromatic carbocycles. The van der Waals surface area contributed by atoms with Gasteiger partial charge in [-0.05, 0) is 78.2 Å². The number of benzene rings is 2. The molecular weight excluding hydrogens is 412 g/mol. The third-order valence-corrected chi connectivity index (χ3v) is 7.54. The van der Waals surface area contributed by atoms with Crippen LogP contribution in [0.3, 0.4) is 0 Å². The molecule has 1 saturated carbocycles. The Bertz CT molecular complexity index is 942. The summed E-state index contributed by atoms with van der Waals surface area (Å²) in [7, 11) is 0. The van der Waals surface area contributed by atoms with Gasteiger partial charge in [-0.25, -0.2) is 0 Å². The lowest BCUT2D eigenvalue weighted by Crippen LogP contribution is -2.52. The third kappa shape index (κ3) is 4.24. The van der Waals surface area contributed by atoms with E-state index in [-0.39, 0.29) is 0 Å². The normalized spacial score (nSPS) is 30.5. The molecule has 0 bridgehead atoms. The number of aliphatic hydroxyl groups excluding tert-OH is 3. The quantitative estimate of drug-likeness (QED) is 0.659. The van der Waals surface area contributed by atoms with E-state index >= 15 is 0 Å². The number of aryl methyl sites for hydroxylation is 1. The number of aliphatic hydroxyl groups is 3. The standard InChI is InChI=1S/C25H30O5S/c1-31-25-23(28)21(26)22(27)24(30-25)17-7-8-19(15-5-6-15)18(13-17)12-14-4-9-20-16(11-14)3-2-10-29-20/h4,7-9,11,13,15,21-28H,2-3,5-6,10,12H2,1H3. The van der Waals surface area contributed by atoms with Gasteiger partial charge in [0.2, 0.25) is 0 Å². The van der Waals surface area contributed by atoms with Gasteiger partial charge >= 0.3 is 0 Å². The van der Waals surface area contributed by atoms with Gasteiger partial charge in [0, 0.05) is 0 Å². The predicted octanol–water partition coefficient (Wildman–Crippen LogP) is 3.32. The molecular formula is C25H30O5S. The highest BCUT2D eigenvalue weighted by Crippen LogP contribution is 2.44. The SMILES string of the molecule is CSC1OC(c2ccc(C3CC3)c(Cc3ccc4c(c3)CCCO4)c2)C(O)C(O)C1O. The van der Waals surface area contributed by atoms with E-state index in [4.69, 9.17) is 9.47 Å². The summed E-state index contributed by atoms with van der Waals surface area (Å²) >= 11 is 1.34. The van der Waals surface area contributed by atoms with E-state index in [1.165, 1.54) is 46.9 Å². The number of hydrogen-bond acceptors (Lipinski definition) is 6. The molecule has 0 spiro atoms. The van der Waals surface area contributed by atoms with Crippen LogP contribution in [0.15, 0.2) is 36.4 Å². The smallest absolute Gasteiger partial charge is 0.132 e. The van der Waals surface area contributed by atoms with Gasteiger partial charge in [-0.1, -0.05) is 30.3 Å². The fraction of sp³-hybridized carbons (Fsp3) is 0.520. The van der Waals surface area contributed by atoms with Crippen molar-refractivity contribution in [3.63, 3.8) is 0 Å². The summed E-state index contributed by atoms with van der Waals surface area (Å²) < 4.78 is 11.8. The molecule has 5 nitrogen and oxygen atoms in total. The van der Waals surface area contributed by atoms with Gasteiger partial charge in [-0.2, -0.15) is 0 Å². The van der Waals surface area contributed by atoms with Crippen molar-refractivity contribution in [1.82, 2.24) is 0 Å². The second-order valence-corrected chi connectivity index (χ2v) is 9.87. The molecule has 0 aromatic heterocycles. The molecule has 5 rings (SSSR count). The van der Waals surface area contributed by atoms with E-state index in [0.29, 0.717) is 5.92 Å². The first kappa shape index (κ1) is 21.3. The zero-order valence-corrected chi connectivity index (χ0v) is 18.6. The van der Waals surface area contributed by atoms with Gasteiger partial charge in [-0.15, -0.1) is 11.8 Å². The Balaban J connectivity index is 1.45. The van der Waals surface area contributed by atoms with Gasteiger partial charge < -0.3 is 24.8 Å². The third-order valence-electron chi connectivity index (χ3n) is 6.68. The van der Waals surface area contributed by atoms with Gasteiger partial charge in [0.15, 0.2) is 0 Å². The van der Waals surface area contributed by atoms with Crippen LogP contribution in [0.5, 0.6) is 5.75 Å². The fourth-order valence-electron chi connectivity index (χ4n) is 4.81. The molecule has 31 heavy (non-hydrogen) atoms. The van der Waals surface area contributed by atoms with Crippen molar-refractivity contribution in [1.29, 1.82) is 0 Å².